The fraction of sp³-hybridized carbons (Fsp3) is 0.348. The SMILES string of the molecule is [2H]C([2H])([2H])OCCn1cnc2c(N3CCOCC3)cc(-n3ccc(-c4cccc(OC)c4)n3)nc21. The molecular weight excluding hydrogens is 408 g/mol. The highest BCUT2D eigenvalue weighted by Gasteiger charge is 2.20. The van der Waals surface area contributed by atoms with Crippen LogP contribution < -0.4 is 9.64 Å². The minimum atomic E-state index is -2.44. The zero-order chi connectivity index (χ0) is 24.4. The maximum atomic E-state index is 7.27. The lowest BCUT2D eigenvalue weighted by atomic mass is 10.1. The number of nitrogens with zero attached hydrogens (tertiary/aromatic N) is 6. The Kier molecular flexibility index (Phi) is 4.81. The first-order chi connectivity index (χ1) is 16.9. The number of hydrogen-bond acceptors (Lipinski definition) is 7. The summed E-state index contributed by atoms with van der Waals surface area (Å²) in [5, 5.41) is 4.75. The van der Waals surface area contributed by atoms with Gasteiger partial charge in [-0.15, -0.1) is 0 Å². The van der Waals surface area contributed by atoms with Crippen LogP contribution in [0.15, 0.2) is 48.9 Å². The van der Waals surface area contributed by atoms with Gasteiger partial charge in [0.25, 0.3) is 0 Å². The summed E-state index contributed by atoms with van der Waals surface area (Å²) in [6.07, 6.45) is 3.53. The van der Waals surface area contributed by atoms with Crippen molar-refractivity contribution in [1.82, 2.24) is 24.3 Å². The number of ether oxygens (including phenoxy) is 3. The minimum absolute atomic E-state index is 0.0164. The Morgan fingerprint density at radius 1 is 1.19 bits per heavy atom. The molecule has 0 saturated carbocycles. The number of methoxy groups -OCH3 is 2. The number of aromatic nitrogens is 5. The van der Waals surface area contributed by atoms with Crippen LogP contribution in [0.3, 0.4) is 0 Å². The maximum absolute atomic E-state index is 7.27. The first-order valence-corrected chi connectivity index (χ1v) is 10.4. The normalized spacial score (nSPS) is 16.0. The van der Waals surface area contributed by atoms with Crippen LogP contribution in [-0.4, -0.2) is 71.4 Å². The van der Waals surface area contributed by atoms with E-state index in [0.29, 0.717) is 31.2 Å². The van der Waals surface area contributed by atoms with Gasteiger partial charge >= 0.3 is 0 Å². The third-order valence-electron chi connectivity index (χ3n) is 5.51. The van der Waals surface area contributed by atoms with E-state index in [1.807, 2.05) is 42.6 Å². The van der Waals surface area contributed by atoms with E-state index in [1.54, 1.807) is 22.7 Å². The van der Waals surface area contributed by atoms with Gasteiger partial charge in [-0.05, 0) is 18.2 Å². The van der Waals surface area contributed by atoms with Crippen molar-refractivity contribution in [3.05, 3.63) is 48.9 Å². The Balaban J connectivity index is 1.53. The van der Waals surface area contributed by atoms with Gasteiger partial charge in [-0.1, -0.05) is 12.1 Å². The molecule has 9 nitrogen and oxygen atoms in total. The van der Waals surface area contributed by atoms with Crippen molar-refractivity contribution in [3.8, 4) is 22.8 Å². The summed E-state index contributed by atoms with van der Waals surface area (Å²) in [6.45, 7) is 3.07. The van der Waals surface area contributed by atoms with Crippen molar-refractivity contribution in [2.24, 2.45) is 0 Å². The van der Waals surface area contributed by atoms with Crippen LogP contribution in [0.1, 0.15) is 4.11 Å². The van der Waals surface area contributed by atoms with Gasteiger partial charge < -0.3 is 23.7 Å². The molecule has 3 aromatic heterocycles. The van der Waals surface area contributed by atoms with Gasteiger partial charge in [0.1, 0.15) is 11.3 Å². The molecule has 9 heteroatoms. The van der Waals surface area contributed by atoms with Gasteiger partial charge in [0, 0.05) is 44.5 Å². The molecular formula is C23H26N6O3. The molecule has 4 aromatic rings. The average Bonchev–Trinajstić information content (AvgIpc) is 3.51. The Labute approximate surface area is 190 Å². The van der Waals surface area contributed by atoms with Crippen LogP contribution in [-0.2, 0) is 16.0 Å². The summed E-state index contributed by atoms with van der Waals surface area (Å²) in [7, 11) is -0.810. The van der Waals surface area contributed by atoms with Crippen molar-refractivity contribution in [2.75, 3.05) is 52.0 Å². The quantitative estimate of drug-likeness (QED) is 0.440. The standard InChI is InChI=1S/C23H26N6O3/c1-30-11-8-28-16-24-22-20(27-9-12-32-13-10-27)15-21(25-23(22)28)29-7-6-19(26-29)17-4-3-5-18(14-17)31-2/h3-7,14-16H,8-13H2,1-2H3/i1D3. The molecule has 0 N–H and O–H groups in total. The molecule has 4 heterocycles. The third kappa shape index (κ3) is 3.92. The third-order valence-corrected chi connectivity index (χ3v) is 5.51. The van der Waals surface area contributed by atoms with Crippen LogP contribution >= 0.6 is 0 Å². The number of imidazole rings is 1. The van der Waals surface area contributed by atoms with E-state index in [1.165, 1.54) is 0 Å². The summed E-state index contributed by atoms with van der Waals surface area (Å²) >= 11 is 0. The smallest absolute Gasteiger partial charge is 0.164 e. The molecule has 5 rings (SSSR count). The number of rotatable bonds is 7. The molecule has 0 spiro atoms. The monoisotopic (exact) mass is 437 g/mol. The maximum Gasteiger partial charge on any atom is 0.164 e. The number of anilines is 1. The Bertz CT molecular complexity index is 1310. The van der Waals surface area contributed by atoms with Gasteiger partial charge in [0.2, 0.25) is 0 Å². The second-order valence-electron chi connectivity index (χ2n) is 7.44. The second-order valence-corrected chi connectivity index (χ2v) is 7.44. The highest BCUT2D eigenvalue weighted by atomic mass is 16.5. The average molecular weight is 438 g/mol. The van der Waals surface area contributed by atoms with Gasteiger partial charge in [0.15, 0.2) is 11.5 Å². The molecule has 1 aromatic carbocycles. The number of benzene rings is 1. The molecule has 0 radical (unpaired) electrons. The molecule has 0 atom stereocenters. The summed E-state index contributed by atoms with van der Waals surface area (Å²) in [6, 6.07) is 11.6. The summed E-state index contributed by atoms with van der Waals surface area (Å²) < 4.78 is 41.2. The van der Waals surface area contributed by atoms with E-state index in [0.717, 1.165) is 41.3 Å². The van der Waals surface area contributed by atoms with Gasteiger partial charge in [-0.2, -0.15) is 5.10 Å². The fourth-order valence-corrected chi connectivity index (χ4v) is 3.86. The van der Waals surface area contributed by atoms with Crippen molar-refractivity contribution in [1.29, 1.82) is 0 Å². The summed E-state index contributed by atoms with van der Waals surface area (Å²) in [4.78, 5) is 11.7. The summed E-state index contributed by atoms with van der Waals surface area (Å²) in [5.41, 5.74) is 4.03. The second kappa shape index (κ2) is 8.97. The number of fused-ring (bicyclic) bond motifs is 1. The van der Waals surface area contributed by atoms with Crippen LogP contribution in [0.5, 0.6) is 5.75 Å². The molecule has 0 aliphatic carbocycles. The Morgan fingerprint density at radius 2 is 2.09 bits per heavy atom. The number of morpholine rings is 1. The van der Waals surface area contributed by atoms with Crippen molar-refractivity contribution < 1.29 is 18.3 Å². The van der Waals surface area contributed by atoms with Gasteiger partial charge in [-0.3, -0.25) is 0 Å². The van der Waals surface area contributed by atoms with E-state index in [4.69, 9.17) is 28.4 Å². The zero-order valence-corrected chi connectivity index (χ0v) is 17.8. The van der Waals surface area contributed by atoms with Crippen LogP contribution in [0.2, 0.25) is 0 Å². The van der Waals surface area contributed by atoms with Crippen LogP contribution in [0, 0.1) is 0 Å². The first-order valence-electron chi connectivity index (χ1n) is 11.9. The van der Waals surface area contributed by atoms with E-state index in [-0.39, 0.29) is 6.61 Å². The lowest BCUT2D eigenvalue weighted by Crippen LogP contribution is -2.36. The van der Waals surface area contributed by atoms with Crippen LogP contribution in [0.25, 0.3) is 28.2 Å². The molecule has 1 aliphatic rings. The fourth-order valence-electron chi connectivity index (χ4n) is 3.86. The van der Waals surface area contributed by atoms with Crippen LogP contribution in [0.4, 0.5) is 5.69 Å². The largest absolute Gasteiger partial charge is 0.497 e. The van der Waals surface area contributed by atoms with E-state index >= 15 is 0 Å². The van der Waals surface area contributed by atoms with E-state index in [2.05, 4.69) is 9.88 Å². The van der Waals surface area contributed by atoms with E-state index in [9.17, 15) is 0 Å². The highest BCUT2D eigenvalue weighted by Crippen LogP contribution is 2.29. The van der Waals surface area contributed by atoms with Gasteiger partial charge in [-0.25, -0.2) is 14.6 Å². The topological polar surface area (TPSA) is 79.5 Å². The van der Waals surface area contributed by atoms with Crippen molar-refractivity contribution in [3.63, 3.8) is 0 Å². The number of pyridine rings is 1. The highest BCUT2D eigenvalue weighted by molar-refractivity contribution is 5.87. The number of hydrogen-bond donors (Lipinski definition) is 0. The lowest BCUT2D eigenvalue weighted by molar-refractivity contribution is 0.123. The Hall–Kier alpha value is -3.43. The molecule has 1 saturated heterocycles. The van der Waals surface area contributed by atoms with E-state index < -0.39 is 7.04 Å². The molecule has 0 amide bonds. The predicted molar refractivity (Wildman–Crippen MR) is 122 cm³/mol. The minimum Gasteiger partial charge on any atom is -0.497 e. The molecule has 166 valence electrons. The van der Waals surface area contributed by atoms with Crippen molar-refractivity contribution in [2.45, 2.75) is 6.54 Å². The lowest BCUT2D eigenvalue weighted by Gasteiger charge is -2.29. The van der Waals surface area contributed by atoms with Gasteiger partial charge in [0.05, 0.1) is 48.8 Å². The molecule has 1 fully saturated rings. The predicted octanol–water partition coefficient (Wildman–Crippen LogP) is 2.78. The molecule has 0 bridgehead atoms. The van der Waals surface area contributed by atoms with Crippen molar-refractivity contribution >= 4 is 16.9 Å². The molecule has 1 aliphatic heterocycles. The summed E-state index contributed by atoms with van der Waals surface area (Å²) in [5.74, 6) is 1.39. The molecule has 32 heavy (non-hydrogen) atoms. The first kappa shape index (κ1) is 17.2. The molecule has 0 unspecified atom stereocenters. The Morgan fingerprint density at radius 3 is 2.94 bits per heavy atom. The zero-order valence-electron chi connectivity index (χ0n) is 20.8.